The topological polar surface area (TPSA) is 131 Å². The number of non-ortho nitro benzene ring substituents is 1. The van der Waals surface area contributed by atoms with E-state index in [2.05, 4.69) is 47.5 Å². The highest BCUT2D eigenvalue weighted by molar-refractivity contribution is 9.10. The van der Waals surface area contributed by atoms with Crippen molar-refractivity contribution in [1.29, 1.82) is 0 Å². The molecule has 0 fully saturated rings. The zero-order chi connectivity index (χ0) is 23.7. The largest absolute Gasteiger partial charge is 0.507 e. The number of phenols is 1. The summed E-state index contributed by atoms with van der Waals surface area (Å²) >= 11 is 11.7. The summed E-state index contributed by atoms with van der Waals surface area (Å²) in [6, 6.07) is 13.9. The van der Waals surface area contributed by atoms with Gasteiger partial charge in [0.15, 0.2) is 10.7 Å². The van der Waals surface area contributed by atoms with Gasteiger partial charge in [-0.25, -0.2) is 4.98 Å². The quantitative estimate of drug-likeness (QED) is 0.155. The first-order valence-electron chi connectivity index (χ1n) is 9.17. The first-order chi connectivity index (χ1) is 15.7. The fourth-order valence-electron chi connectivity index (χ4n) is 2.90. The van der Waals surface area contributed by atoms with E-state index in [0.717, 1.165) is 6.07 Å². The summed E-state index contributed by atoms with van der Waals surface area (Å²) in [5.74, 6) is -0.130. The highest BCUT2D eigenvalue weighted by Crippen LogP contribution is 2.31. The van der Waals surface area contributed by atoms with Crippen LogP contribution in [0.3, 0.4) is 0 Å². The van der Waals surface area contributed by atoms with Crippen LogP contribution in [0.4, 0.5) is 11.4 Å². The molecule has 0 aliphatic rings. The smallest absolute Gasteiger partial charge is 0.270 e. The van der Waals surface area contributed by atoms with Crippen molar-refractivity contribution >= 4 is 77.6 Å². The third-order valence-electron chi connectivity index (χ3n) is 4.47. The molecular formula is C21H12Br2N4O5S. The van der Waals surface area contributed by atoms with E-state index in [1.807, 2.05) is 0 Å². The number of benzene rings is 3. The minimum absolute atomic E-state index is 0.00365. The van der Waals surface area contributed by atoms with Gasteiger partial charge >= 0.3 is 0 Å². The molecule has 166 valence electrons. The van der Waals surface area contributed by atoms with Gasteiger partial charge in [-0.3, -0.25) is 20.2 Å². The Morgan fingerprint density at radius 2 is 1.88 bits per heavy atom. The zero-order valence-corrected chi connectivity index (χ0v) is 20.3. The van der Waals surface area contributed by atoms with Gasteiger partial charge in [0.1, 0.15) is 11.3 Å². The van der Waals surface area contributed by atoms with Crippen LogP contribution in [-0.4, -0.2) is 26.0 Å². The Morgan fingerprint density at radius 3 is 2.61 bits per heavy atom. The summed E-state index contributed by atoms with van der Waals surface area (Å²) in [6.45, 7) is 0. The summed E-state index contributed by atoms with van der Waals surface area (Å²) in [6.07, 6.45) is 0. The number of halogens is 2. The molecule has 0 aliphatic heterocycles. The predicted octanol–water partition coefficient (Wildman–Crippen LogP) is 5.76. The second kappa shape index (κ2) is 9.25. The lowest BCUT2D eigenvalue weighted by Gasteiger charge is -2.10. The fraction of sp³-hybridized carbons (Fsp3) is 0. The Bertz CT molecular complexity index is 1440. The number of rotatable bonds is 4. The van der Waals surface area contributed by atoms with Crippen molar-refractivity contribution < 1.29 is 19.2 Å². The third kappa shape index (κ3) is 5.02. The van der Waals surface area contributed by atoms with E-state index < -0.39 is 10.8 Å². The first-order valence-corrected chi connectivity index (χ1v) is 11.2. The molecule has 0 bridgehead atoms. The molecule has 3 N–H and O–H groups in total. The van der Waals surface area contributed by atoms with Crippen LogP contribution in [0.15, 0.2) is 68.0 Å². The number of nitrogens with one attached hydrogen (secondary N) is 2. The average Bonchev–Trinajstić information content (AvgIpc) is 3.19. The van der Waals surface area contributed by atoms with Gasteiger partial charge < -0.3 is 14.8 Å². The van der Waals surface area contributed by atoms with Gasteiger partial charge in [0.2, 0.25) is 5.89 Å². The van der Waals surface area contributed by atoms with Gasteiger partial charge in [-0.1, -0.05) is 0 Å². The van der Waals surface area contributed by atoms with Crippen LogP contribution >= 0.6 is 44.1 Å². The number of nitrogens with zero attached hydrogens (tertiary/aromatic N) is 2. The first kappa shape index (κ1) is 22.8. The SMILES string of the molecule is O=C(NC(=S)Nc1ccc2oc(-c3ccc(O)c(Br)c3)nc2c1)c1cc([N+](=O)[O-])ccc1Br. The van der Waals surface area contributed by atoms with E-state index in [0.29, 0.717) is 37.2 Å². The van der Waals surface area contributed by atoms with Gasteiger partial charge in [0.05, 0.1) is 15.0 Å². The Kier molecular flexibility index (Phi) is 6.40. The predicted molar refractivity (Wildman–Crippen MR) is 133 cm³/mol. The van der Waals surface area contributed by atoms with E-state index in [1.165, 1.54) is 18.2 Å². The fourth-order valence-corrected chi connectivity index (χ4v) is 3.92. The normalized spacial score (nSPS) is 10.7. The number of nitro benzene ring substituents is 1. The van der Waals surface area contributed by atoms with Crippen molar-refractivity contribution in [2.75, 3.05) is 5.32 Å². The van der Waals surface area contributed by atoms with Gasteiger partial charge in [0, 0.05) is 27.9 Å². The highest BCUT2D eigenvalue weighted by atomic mass is 79.9. The molecule has 4 aromatic rings. The van der Waals surface area contributed by atoms with Gasteiger partial charge in [0.25, 0.3) is 11.6 Å². The maximum Gasteiger partial charge on any atom is 0.270 e. The Hall–Kier alpha value is -3.35. The maximum atomic E-state index is 12.5. The minimum Gasteiger partial charge on any atom is -0.507 e. The van der Waals surface area contributed by atoms with Crippen molar-refractivity contribution in [3.05, 3.63) is 79.2 Å². The molecule has 9 nitrogen and oxygen atoms in total. The van der Waals surface area contributed by atoms with Crippen molar-refractivity contribution in [2.24, 2.45) is 0 Å². The number of oxazole rings is 1. The van der Waals surface area contributed by atoms with E-state index in [1.54, 1.807) is 30.3 Å². The average molecular weight is 592 g/mol. The lowest BCUT2D eigenvalue weighted by molar-refractivity contribution is -0.384. The van der Waals surface area contributed by atoms with Gasteiger partial charge in [-0.15, -0.1) is 0 Å². The van der Waals surface area contributed by atoms with Crippen molar-refractivity contribution in [1.82, 2.24) is 10.3 Å². The Balaban J connectivity index is 1.50. The van der Waals surface area contributed by atoms with Gasteiger partial charge in [-0.2, -0.15) is 0 Å². The second-order valence-electron chi connectivity index (χ2n) is 6.70. The number of aromatic nitrogens is 1. The monoisotopic (exact) mass is 590 g/mol. The van der Waals surface area contributed by atoms with Crippen LogP contribution in [-0.2, 0) is 0 Å². The van der Waals surface area contributed by atoms with Crippen LogP contribution in [0.2, 0.25) is 0 Å². The van der Waals surface area contributed by atoms with Crippen LogP contribution < -0.4 is 10.6 Å². The number of anilines is 1. The number of amides is 1. The molecule has 3 aromatic carbocycles. The number of aromatic hydroxyl groups is 1. The molecule has 0 spiro atoms. The molecule has 0 saturated carbocycles. The molecule has 12 heteroatoms. The number of thiocarbonyl (C=S) groups is 1. The number of carbonyl (C=O) groups is 1. The van der Waals surface area contributed by atoms with E-state index in [9.17, 15) is 20.0 Å². The lowest BCUT2D eigenvalue weighted by atomic mass is 10.2. The second-order valence-corrected chi connectivity index (χ2v) is 8.81. The third-order valence-corrected chi connectivity index (χ3v) is 6.00. The Labute approximate surface area is 208 Å². The standard InChI is InChI=1S/C21H12Br2N4O5S/c22-14-4-3-12(27(30)31)9-13(14)19(29)26-21(33)24-11-2-6-18-16(8-11)25-20(32-18)10-1-5-17(28)15(23)7-10/h1-9,28H,(H2,24,26,29,33). The number of hydrogen-bond acceptors (Lipinski definition) is 7. The van der Waals surface area contributed by atoms with Crippen molar-refractivity contribution in [2.45, 2.75) is 0 Å². The molecule has 0 atom stereocenters. The number of phenolic OH excluding ortho intramolecular Hbond substituents is 1. The van der Waals surface area contributed by atoms with E-state index >= 15 is 0 Å². The molecule has 0 radical (unpaired) electrons. The molecule has 1 heterocycles. The van der Waals surface area contributed by atoms with Crippen LogP contribution in [0.5, 0.6) is 5.75 Å². The Morgan fingerprint density at radius 1 is 1.09 bits per heavy atom. The summed E-state index contributed by atoms with van der Waals surface area (Å²) in [5.41, 5.74) is 2.18. The molecule has 4 rings (SSSR count). The molecule has 0 aliphatic carbocycles. The summed E-state index contributed by atoms with van der Waals surface area (Å²) < 4.78 is 6.68. The number of carbonyl (C=O) groups excluding carboxylic acids is 1. The summed E-state index contributed by atoms with van der Waals surface area (Å²) in [4.78, 5) is 27.4. The molecule has 0 unspecified atom stereocenters. The van der Waals surface area contributed by atoms with Gasteiger partial charge in [-0.05, 0) is 86.5 Å². The summed E-state index contributed by atoms with van der Waals surface area (Å²) in [5, 5.41) is 26.0. The molecule has 0 saturated heterocycles. The molecule has 1 amide bonds. The molecular weight excluding hydrogens is 580 g/mol. The number of fused-ring (bicyclic) bond motifs is 1. The van der Waals surface area contributed by atoms with Crippen LogP contribution in [0.25, 0.3) is 22.6 Å². The van der Waals surface area contributed by atoms with Crippen LogP contribution in [0.1, 0.15) is 10.4 Å². The van der Waals surface area contributed by atoms with E-state index in [4.69, 9.17) is 16.6 Å². The lowest BCUT2D eigenvalue weighted by Crippen LogP contribution is -2.34. The zero-order valence-electron chi connectivity index (χ0n) is 16.3. The summed E-state index contributed by atoms with van der Waals surface area (Å²) in [7, 11) is 0. The van der Waals surface area contributed by atoms with Crippen molar-refractivity contribution in [3.63, 3.8) is 0 Å². The number of nitro groups is 1. The highest BCUT2D eigenvalue weighted by Gasteiger charge is 2.17. The number of hydrogen-bond donors (Lipinski definition) is 3. The molecule has 1 aromatic heterocycles. The van der Waals surface area contributed by atoms with E-state index in [-0.39, 0.29) is 22.1 Å². The maximum absolute atomic E-state index is 12.5. The van der Waals surface area contributed by atoms with Crippen LogP contribution in [0, 0.1) is 10.1 Å². The molecule has 33 heavy (non-hydrogen) atoms. The van der Waals surface area contributed by atoms with Crippen molar-refractivity contribution in [3.8, 4) is 17.2 Å². The minimum atomic E-state index is -0.606.